The van der Waals surface area contributed by atoms with Gasteiger partial charge in [0.2, 0.25) is 0 Å². The first-order valence-corrected chi connectivity index (χ1v) is 8.13. The van der Waals surface area contributed by atoms with Gasteiger partial charge >= 0.3 is 0 Å². The minimum absolute atomic E-state index is 0.472. The number of nitrogens with one attached hydrogen (secondary N) is 1. The van der Waals surface area contributed by atoms with Crippen molar-refractivity contribution in [3.63, 3.8) is 0 Å². The van der Waals surface area contributed by atoms with E-state index in [2.05, 4.69) is 55.1 Å². The van der Waals surface area contributed by atoms with Crippen LogP contribution in [0.15, 0.2) is 9.85 Å². The summed E-state index contributed by atoms with van der Waals surface area (Å²) in [7, 11) is 2.11. The fourth-order valence-corrected chi connectivity index (χ4v) is 5.44. The number of thiophene rings is 1. The molecule has 17 heavy (non-hydrogen) atoms. The van der Waals surface area contributed by atoms with Crippen LogP contribution in [-0.2, 0) is 0 Å². The molecule has 0 bridgehead atoms. The van der Waals surface area contributed by atoms with Crippen LogP contribution in [0, 0.1) is 12.3 Å². The van der Waals surface area contributed by atoms with Gasteiger partial charge in [0.1, 0.15) is 0 Å². The van der Waals surface area contributed by atoms with Crippen LogP contribution in [0.4, 0.5) is 0 Å². The van der Waals surface area contributed by atoms with Crippen molar-refractivity contribution < 1.29 is 0 Å². The second-order valence-corrected chi connectivity index (χ2v) is 7.77. The van der Waals surface area contributed by atoms with Gasteiger partial charge in [0, 0.05) is 10.9 Å². The minimum atomic E-state index is 0.472. The predicted octanol–water partition coefficient (Wildman–Crippen LogP) is 4.70. The number of hydrogen-bond donors (Lipinski definition) is 1. The van der Waals surface area contributed by atoms with Gasteiger partial charge in [0.05, 0.1) is 3.79 Å². The van der Waals surface area contributed by atoms with Crippen LogP contribution in [0.5, 0.6) is 0 Å². The highest BCUT2D eigenvalue weighted by atomic mass is 79.9. The molecule has 2 atom stereocenters. The van der Waals surface area contributed by atoms with Crippen LogP contribution >= 0.6 is 27.3 Å². The van der Waals surface area contributed by atoms with E-state index in [-0.39, 0.29) is 0 Å². The zero-order valence-electron chi connectivity index (χ0n) is 11.1. The lowest BCUT2D eigenvalue weighted by Crippen LogP contribution is -2.57. The van der Waals surface area contributed by atoms with E-state index in [0.717, 1.165) is 5.92 Å². The number of hydrogen-bond acceptors (Lipinski definition) is 2. The largest absolute Gasteiger partial charge is 0.316 e. The van der Waals surface area contributed by atoms with Crippen molar-refractivity contribution in [1.29, 1.82) is 0 Å². The van der Waals surface area contributed by atoms with Crippen molar-refractivity contribution in [2.24, 2.45) is 5.41 Å². The van der Waals surface area contributed by atoms with Crippen LogP contribution in [0.2, 0.25) is 0 Å². The first-order chi connectivity index (χ1) is 8.08. The minimum Gasteiger partial charge on any atom is -0.316 e. The van der Waals surface area contributed by atoms with E-state index in [1.165, 1.54) is 27.9 Å². The van der Waals surface area contributed by atoms with E-state index in [1.807, 2.05) is 11.3 Å². The predicted molar refractivity (Wildman–Crippen MR) is 80.0 cm³/mol. The van der Waals surface area contributed by atoms with Gasteiger partial charge in [0.15, 0.2) is 0 Å². The molecule has 1 N–H and O–H groups in total. The van der Waals surface area contributed by atoms with Gasteiger partial charge in [-0.05, 0) is 72.1 Å². The molecule has 1 aromatic rings. The molecule has 0 spiro atoms. The Morgan fingerprint density at radius 2 is 2.12 bits per heavy atom. The van der Waals surface area contributed by atoms with Crippen molar-refractivity contribution in [3.05, 3.63) is 20.3 Å². The molecule has 2 unspecified atom stereocenters. The average Bonchev–Trinajstić information content (AvgIpc) is 2.59. The first-order valence-electron chi connectivity index (χ1n) is 6.52. The molecule has 2 rings (SSSR count). The molecule has 0 radical (unpaired) electrons. The molecule has 96 valence electrons. The van der Waals surface area contributed by atoms with Gasteiger partial charge in [-0.1, -0.05) is 13.8 Å². The molecule has 1 fully saturated rings. The molecule has 1 aliphatic carbocycles. The Morgan fingerprint density at radius 3 is 2.53 bits per heavy atom. The van der Waals surface area contributed by atoms with Crippen molar-refractivity contribution in [2.75, 3.05) is 7.05 Å². The van der Waals surface area contributed by atoms with Crippen molar-refractivity contribution in [2.45, 2.75) is 52.0 Å². The molecule has 1 saturated carbocycles. The second-order valence-electron chi connectivity index (χ2n) is 5.13. The third kappa shape index (κ3) is 2.00. The van der Waals surface area contributed by atoms with Gasteiger partial charge in [-0.25, -0.2) is 0 Å². The van der Waals surface area contributed by atoms with E-state index < -0.39 is 0 Å². The van der Waals surface area contributed by atoms with E-state index in [0.29, 0.717) is 11.5 Å². The fraction of sp³-hybridized carbons (Fsp3) is 0.714. The standard InChI is InChI=1S/C14H22BrNS/c1-5-14(6-2)11(8-12(14)16-4)10-7-13(15)17-9(10)3/h7,11-12,16H,5-6,8H2,1-4H3. The molecule has 3 heteroatoms. The first kappa shape index (κ1) is 13.6. The topological polar surface area (TPSA) is 12.0 Å². The zero-order chi connectivity index (χ0) is 12.6. The van der Waals surface area contributed by atoms with E-state index >= 15 is 0 Å². The van der Waals surface area contributed by atoms with Gasteiger partial charge in [-0.3, -0.25) is 0 Å². The number of rotatable bonds is 4. The van der Waals surface area contributed by atoms with Crippen LogP contribution in [0.25, 0.3) is 0 Å². The highest BCUT2D eigenvalue weighted by Gasteiger charge is 2.52. The monoisotopic (exact) mass is 315 g/mol. The summed E-state index contributed by atoms with van der Waals surface area (Å²) in [6.07, 6.45) is 3.83. The molecule has 0 saturated heterocycles. The number of aryl methyl sites for hydroxylation is 1. The van der Waals surface area contributed by atoms with Crippen molar-refractivity contribution in [3.8, 4) is 0 Å². The Kier molecular flexibility index (Phi) is 4.01. The Morgan fingerprint density at radius 1 is 1.47 bits per heavy atom. The lowest BCUT2D eigenvalue weighted by molar-refractivity contribution is 0.0245. The van der Waals surface area contributed by atoms with Gasteiger partial charge in [-0.15, -0.1) is 11.3 Å². The third-order valence-electron chi connectivity index (χ3n) is 4.83. The SMILES string of the molecule is CCC1(CC)C(NC)CC1c1cc(Br)sc1C. The lowest BCUT2D eigenvalue weighted by atomic mass is 9.52. The quantitative estimate of drug-likeness (QED) is 0.849. The highest BCUT2D eigenvalue weighted by molar-refractivity contribution is 9.11. The summed E-state index contributed by atoms with van der Waals surface area (Å²) in [5.74, 6) is 0.748. The lowest BCUT2D eigenvalue weighted by Gasteiger charge is -2.56. The van der Waals surface area contributed by atoms with E-state index in [9.17, 15) is 0 Å². The number of halogens is 1. The Bertz CT molecular complexity index is 395. The summed E-state index contributed by atoms with van der Waals surface area (Å²) < 4.78 is 1.28. The molecule has 1 heterocycles. The van der Waals surface area contributed by atoms with E-state index in [4.69, 9.17) is 0 Å². The van der Waals surface area contributed by atoms with Crippen LogP contribution in [-0.4, -0.2) is 13.1 Å². The average molecular weight is 316 g/mol. The van der Waals surface area contributed by atoms with Gasteiger partial charge < -0.3 is 5.32 Å². The summed E-state index contributed by atoms with van der Waals surface area (Å²) in [5.41, 5.74) is 2.05. The van der Waals surface area contributed by atoms with Gasteiger partial charge in [0.25, 0.3) is 0 Å². The summed E-state index contributed by atoms with van der Waals surface area (Å²) >= 11 is 5.49. The maximum atomic E-state index is 3.62. The van der Waals surface area contributed by atoms with Gasteiger partial charge in [-0.2, -0.15) is 0 Å². The zero-order valence-corrected chi connectivity index (χ0v) is 13.5. The molecule has 0 amide bonds. The molecular formula is C14H22BrNS. The Hall–Kier alpha value is 0.140. The van der Waals surface area contributed by atoms with Crippen LogP contribution in [0.3, 0.4) is 0 Å². The maximum Gasteiger partial charge on any atom is 0.0704 e. The van der Waals surface area contributed by atoms with Crippen molar-refractivity contribution in [1.82, 2.24) is 5.32 Å². The van der Waals surface area contributed by atoms with Crippen LogP contribution in [0.1, 0.15) is 49.5 Å². The molecule has 0 aromatic carbocycles. The molecule has 1 aliphatic rings. The third-order valence-corrected chi connectivity index (χ3v) is 6.40. The van der Waals surface area contributed by atoms with E-state index in [1.54, 1.807) is 5.56 Å². The fourth-order valence-electron chi connectivity index (χ4n) is 3.67. The summed E-state index contributed by atoms with van der Waals surface area (Å²) in [4.78, 5) is 1.49. The Labute approximate surface area is 117 Å². The molecular weight excluding hydrogens is 294 g/mol. The smallest absolute Gasteiger partial charge is 0.0704 e. The highest BCUT2D eigenvalue weighted by Crippen LogP contribution is 2.58. The summed E-state index contributed by atoms with van der Waals surface area (Å²) in [6, 6.07) is 3.04. The normalized spacial score (nSPS) is 26.9. The second kappa shape index (κ2) is 5.02. The molecule has 0 aliphatic heterocycles. The molecule has 1 nitrogen and oxygen atoms in total. The Balaban J connectivity index is 2.31. The van der Waals surface area contributed by atoms with Crippen LogP contribution < -0.4 is 5.32 Å². The summed E-state index contributed by atoms with van der Waals surface area (Å²) in [6.45, 7) is 6.95. The van der Waals surface area contributed by atoms with Crippen molar-refractivity contribution >= 4 is 27.3 Å². The summed E-state index contributed by atoms with van der Waals surface area (Å²) in [5, 5.41) is 3.51. The molecule has 1 aromatic heterocycles. The maximum absolute atomic E-state index is 3.62.